The molecule has 1 aromatic carbocycles. The monoisotopic (exact) mass is 335 g/mol. The van der Waals surface area contributed by atoms with Crippen LogP contribution < -0.4 is 5.32 Å². The fraction of sp³-hybridized carbons (Fsp3) is 0.300. The Balaban J connectivity index is 1.66. The molecule has 122 valence electrons. The molecule has 1 aliphatic rings. The van der Waals surface area contributed by atoms with Crippen molar-refractivity contribution in [3.05, 3.63) is 53.7 Å². The van der Waals surface area contributed by atoms with Crippen LogP contribution in [-0.2, 0) is 0 Å². The SMILES string of the molecule is Cc1cccc(-c2ncsc2-c2ccnc(NC3CCCC3)c2)c1. The number of hydrogen-bond donors (Lipinski definition) is 1. The first-order valence-electron chi connectivity index (χ1n) is 8.53. The molecule has 3 aromatic rings. The summed E-state index contributed by atoms with van der Waals surface area (Å²) < 4.78 is 0. The van der Waals surface area contributed by atoms with E-state index in [0.29, 0.717) is 6.04 Å². The lowest BCUT2D eigenvalue weighted by molar-refractivity contribution is 0.750. The van der Waals surface area contributed by atoms with E-state index in [9.17, 15) is 0 Å². The van der Waals surface area contributed by atoms with Crippen molar-refractivity contribution in [2.75, 3.05) is 5.32 Å². The van der Waals surface area contributed by atoms with Crippen molar-refractivity contribution in [3.63, 3.8) is 0 Å². The number of nitrogens with one attached hydrogen (secondary N) is 1. The van der Waals surface area contributed by atoms with E-state index in [0.717, 1.165) is 11.5 Å². The van der Waals surface area contributed by atoms with E-state index in [2.05, 4.69) is 58.6 Å². The molecular formula is C20H21N3S. The van der Waals surface area contributed by atoms with Crippen LogP contribution in [0.4, 0.5) is 5.82 Å². The van der Waals surface area contributed by atoms with E-state index in [1.807, 2.05) is 11.7 Å². The zero-order valence-electron chi connectivity index (χ0n) is 13.8. The largest absolute Gasteiger partial charge is 0.367 e. The van der Waals surface area contributed by atoms with Gasteiger partial charge in [0.25, 0.3) is 0 Å². The van der Waals surface area contributed by atoms with Gasteiger partial charge in [-0.3, -0.25) is 0 Å². The van der Waals surface area contributed by atoms with Gasteiger partial charge in [0.1, 0.15) is 5.82 Å². The minimum absolute atomic E-state index is 0.574. The number of benzene rings is 1. The normalized spacial score (nSPS) is 14.9. The summed E-state index contributed by atoms with van der Waals surface area (Å²) in [4.78, 5) is 10.3. The number of thiazole rings is 1. The van der Waals surface area contributed by atoms with Crippen LogP contribution in [0.5, 0.6) is 0 Å². The molecule has 0 saturated heterocycles. The topological polar surface area (TPSA) is 37.8 Å². The Kier molecular flexibility index (Phi) is 4.30. The Labute approximate surface area is 146 Å². The molecule has 0 radical (unpaired) electrons. The van der Waals surface area contributed by atoms with Crippen LogP contribution in [0.15, 0.2) is 48.1 Å². The number of hydrogen-bond acceptors (Lipinski definition) is 4. The third-order valence-corrected chi connectivity index (χ3v) is 5.46. The van der Waals surface area contributed by atoms with E-state index in [1.54, 1.807) is 11.3 Å². The molecule has 1 fully saturated rings. The summed E-state index contributed by atoms with van der Waals surface area (Å²) >= 11 is 1.69. The van der Waals surface area contributed by atoms with Crippen molar-refractivity contribution in [1.82, 2.24) is 9.97 Å². The van der Waals surface area contributed by atoms with Gasteiger partial charge < -0.3 is 5.32 Å². The second kappa shape index (κ2) is 6.73. The van der Waals surface area contributed by atoms with Crippen LogP contribution in [-0.4, -0.2) is 16.0 Å². The molecule has 4 rings (SSSR count). The van der Waals surface area contributed by atoms with E-state index in [-0.39, 0.29) is 0 Å². The van der Waals surface area contributed by atoms with Crippen molar-refractivity contribution in [2.45, 2.75) is 38.6 Å². The van der Waals surface area contributed by atoms with Crippen molar-refractivity contribution in [3.8, 4) is 21.7 Å². The average Bonchev–Trinajstić information content (AvgIpc) is 3.26. The van der Waals surface area contributed by atoms with Gasteiger partial charge in [-0.1, -0.05) is 36.6 Å². The highest BCUT2D eigenvalue weighted by Gasteiger charge is 2.16. The van der Waals surface area contributed by atoms with Gasteiger partial charge in [-0.15, -0.1) is 11.3 Å². The molecule has 0 bridgehead atoms. The lowest BCUT2D eigenvalue weighted by Gasteiger charge is -2.13. The molecular weight excluding hydrogens is 314 g/mol. The van der Waals surface area contributed by atoms with Crippen molar-refractivity contribution in [1.29, 1.82) is 0 Å². The number of rotatable bonds is 4. The number of nitrogens with zero attached hydrogens (tertiary/aromatic N) is 2. The Hall–Kier alpha value is -2.20. The quantitative estimate of drug-likeness (QED) is 0.680. The van der Waals surface area contributed by atoms with Gasteiger partial charge in [0.05, 0.1) is 16.1 Å². The highest BCUT2D eigenvalue weighted by atomic mass is 32.1. The van der Waals surface area contributed by atoms with Crippen LogP contribution in [0.2, 0.25) is 0 Å². The minimum atomic E-state index is 0.574. The van der Waals surface area contributed by atoms with E-state index in [1.165, 1.54) is 47.3 Å². The summed E-state index contributed by atoms with van der Waals surface area (Å²) in [5.74, 6) is 0.975. The number of pyridine rings is 1. The molecule has 0 amide bonds. The fourth-order valence-electron chi connectivity index (χ4n) is 3.38. The van der Waals surface area contributed by atoms with Gasteiger partial charge in [0.15, 0.2) is 0 Å². The molecule has 2 heterocycles. The first kappa shape index (κ1) is 15.3. The summed E-state index contributed by atoms with van der Waals surface area (Å²) in [7, 11) is 0. The molecule has 24 heavy (non-hydrogen) atoms. The maximum Gasteiger partial charge on any atom is 0.126 e. The smallest absolute Gasteiger partial charge is 0.126 e. The second-order valence-corrected chi connectivity index (χ2v) is 7.31. The van der Waals surface area contributed by atoms with Crippen LogP contribution in [0.3, 0.4) is 0 Å². The van der Waals surface area contributed by atoms with E-state index in [4.69, 9.17) is 0 Å². The van der Waals surface area contributed by atoms with Gasteiger partial charge >= 0.3 is 0 Å². The summed E-state index contributed by atoms with van der Waals surface area (Å²) in [6, 6.07) is 13.3. The minimum Gasteiger partial charge on any atom is -0.367 e. The first-order chi connectivity index (χ1) is 11.8. The second-order valence-electron chi connectivity index (χ2n) is 6.46. The molecule has 1 saturated carbocycles. The standard InChI is InChI=1S/C20H21N3S/c1-14-5-4-6-15(11-14)19-20(24-13-22-19)16-9-10-21-18(12-16)23-17-7-2-3-8-17/h4-6,9-13,17H,2-3,7-8H2,1H3,(H,21,23). The molecule has 0 spiro atoms. The van der Waals surface area contributed by atoms with Crippen molar-refractivity contribution in [2.24, 2.45) is 0 Å². The van der Waals surface area contributed by atoms with Gasteiger partial charge in [-0.05, 0) is 43.5 Å². The van der Waals surface area contributed by atoms with Gasteiger partial charge in [-0.25, -0.2) is 9.97 Å². The molecule has 2 aromatic heterocycles. The van der Waals surface area contributed by atoms with Crippen molar-refractivity contribution >= 4 is 17.2 Å². The zero-order valence-corrected chi connectivity index (χ0v) is 14.6. The van der Waals surface area contributed by atoms with Gasteiger partial charge in [-0.2, -0.15) is 0 Å². The van der Waals surface area contributed by atoms with E-state index >= 15 is 0 Å². The third-order valence-electron chi connectivity index (χ3n) is 4.59. The average molecular weight is 335 g/mol. The lowest BCUT2D eigenvalue weighted by atomic mass is 10.1. The molecule has 0 unspecified atom stereocenters. The summed E-state index contributed by atoms with van der Waals surface area (Å²) in [5.41, 5.74) is 6.60. The molecule has 3 nitrogen and oxygen atoms in total. The molecule has 0 aliphatic heterocycles. The maximum absolute atomic E-state index is 4.61. The van der Waals surface area contributed by atoms with Crippen LogP contribution in [0.25, 0.3) is 21.7 Å². The van der Waals surface area contributed by atoms with Crippen LogP contribution in [0, 0.1) is 6.92 Å². The highest BCUT2D eigenvalue weighted by Crippen LogP contribution is 2.35. The van der Waals surface area contributed by atoms with Crippen LogP contribution >= 0.6 is 11.3 Å². The van der Waals surface area contributed by atoms with Gasteiger partial charge in [0, 0.05) is 17.8 Å². The lowest BCUT2D eigenvalue weighted by Crippen LogP contribution is -2.15. The Morgan fingerprint density at radius 3 is 2.75 bits per heavy atom. The Morgan fingerprint density at radius 1 is 1.04 bits per heavy atom. The predicted molar refractivity (Wildman–Crippen MR) is 101 cm³/mol. The van der Waals surface area contributed by atoms with Crippen molar-refractivity contribution < 1.29 is 0 Å². The third kappa shape index (κ3) is 3.20. The number of aryl methyl sites for hydroxylation is 1. The molecule has 1 aliphatic carbocycles. The maximum atomic E-state index is 4.61. The zero-order chi connectivity index (χ0) is 16.4. The van der Waals surface area contributed by atoms with Gasteiger partial charge in [0.2, 0.25) is 0 Å². The molecule has 0 atom stereocenters. The molecule has 1 N–H and O–H groups in total. The highest BCUT2D eigenvalue weighted by molar-refractivity contribution is 7.13. The first-order valence-corrected chi connectivity index (χ1v) is 9.41. The molecule has 4 heteroatoms. The summed E-state index contributed by atoms with van der Waals surface area (Å²) in [6.45, 7) is 2.12. The van der Waals surface area contributed by atoms with E-state index < -0.39 is 0 Å². The fourth-order valence-corrected chi connectivity index (χ4v) is 4.19. The van der Waals surface area contributed by atoms with Crippen LogP contribution in [0.1, 0.15) is 31.2 Å². The Bertz CT molecular complexity index is 834. The predicted octanol–water partition coefficient (Wildman–Crippen LogP) is 5.54. The number of aromatic nitrogens is 2. The Morgan fingerprint density at radius 2 is 1.92 bits per heavy atom. The number of anilines is 1. The summed E-state index contributed by atoms with van der Waals surface area (Å²) in [5, 5.41) is 3.58. The summed E-state index contributed by atoms with van der Waals surface area (Å²) in [6.07, 6.45) is 7.04.